The van der Waals surface area contributed by atoms with Crippen molar-refractivity contribution in [1.29, 1.82) is 0 Å². The molecule has 0 saturated carbocycles. The summed E-state index contributed by atoms with van der Waals surface area (Å²) < 4.78 is 11.2. The average Bonchev–Trinajstić information content (AvgIpc) is 2.36. The average molecular weight is 268 g/mol. The first-order valence-corrected chi connectivity index (χ1v) is 7.52. The second-order valence-electron chi connectivity index (χ2n) is 4.26. The number of nitrogens with two attached hydrogens (primary N) is 1. The Morgan fingerprint density at radius 1 is 1.39 bits per heavy atom. The molecule has 1 aromatic rings. The van der Waals surface area contributed by atoms with Gasteiger partial charge in [0.05, 0.1) is 6.42 Å². The van der Waals surface area contributed by atoms with Gasteiger partial charge in [-0.2, -0.15) is 0 Å². The van der Waals surface area contributed by atoms with Crippen LogP contribution < -0.4 is 11.1 Å². The number of benzene rings is 1. The van der Waals surface area contributed by atoms with Gasteiger partial charge >= 0.3 is 0 Å². The fraction of sp³-hybridized carbons (Fsp3) is 0.462. The molecule has 100 valence electrons. The molecule has 0 aliphatic heterocycles. The molecule has 18 heavy (non-hydrogen) atoms. The molecule has 0 aromatic heterocycles. The van der Waals surface area contributed by atoms with E-state index in [1.807, 2.05) is 31.2 Å². The zero-order valence-electron chi connectivity index (χ0n) is 10.8. The third-order valence-electron chi connectivity index (χ3n) is 2.84. The van der Waals surface area contributed by atoms with Crippen LogP contribution in [0.4, 0.5) is 0 Å². The van der Waals surface area contributed by atoms with Crippen LogP contribution in [0, 0.1) is 0 Å². The number of rotatable bonds is 6. The largest absolute Gasteiger partial charge is 0.355 e. The van der Waals surface area contributed by atoms with E-state index in [0.717, 1.165) is 11.1 Å². The number of carbonyl (C=O) groups excluding carboxylic acids is 1. The predicted molar refractivity (Wildman–Crippen MR) is 74.6 cm³/mol. The highest BCUT2D eigenvalue weighted by Crippen LogP contribution is 2.08. The van der Waals surface area contributed by atoms with E-state index >= 15 is 0 Å². The van der Waals surface area contributed by atoms with Gasteiger partial charge in [0, 0.05) is 35.4 Å². The van der Waals surface area contributed by atoms with E-state index in [-0.39, 0.29) is 11.2 Å². The Bertz CT molecular complexity index is 435. The second-order valence-corrected chi connectivity index (χ2v) is 6.06. The van der Waals surface area contributed by atoms with Crippen molar-refractivity contribution in [2.75, 3.05) is 12.8 Å². The van der Waals surface area contributed by atoms with Crippen molar-refractivity contribution in [2.45, 2.75) is 25.1 Å². The number of hydrogen-bond acceptors (Lipinski definition) is 3. The predicted octanol–water partition coefficient (Wildman–Crippen LogP) is 0.571. The number of hydrogen-bond donors (Lipinski definition) is 2. The van der Waals surface area contributed by atoms with Crippen molar-refractivity contribution in [1.82, 2.24) is 5.32 Å². The van der Waals surface area contributed by atoms with Gasteiger partial charge in [-0.15, -0.1) is 0 Å². The zero-order valence-corrected chi connectivity index (χ0v) is 11.6. The summed E-state index contributed by atoms with van der Waals surface area (Å²) in [7, 11) is -0.914. The van der Waals surface area contributed by atoms with E-state index in [9.17, 15) is 9.00 Å². The first-order valence-electron chi connectivity index (χ1n) is 5.90. The molecule has 2 atom stereocenters. The van der Waals surface area contributed by atoms with E-state index in [0.29, 0.717) is 19.5 Å². The van der Waals surface area contributed by atoms with E-state index in [1.165, 1.54) is 0 Å². The second kappa shape index (κ2) is 7.28. The van der Waals surface area contributed by atoms with Crippen molar-refractivity contribution >= 4 is 16.7 Å². The summed E-state index contributed by atoms with van der Waals surface area (Å²) in [5.41, 5.74) is 7.55. The van der Waals surface area contributed by atoms with Crippen LogP contribution in [0.15, 0.2) is 24.3 Å². The fourth-order valence-electron chi connectivity index (χ4n) is 1.54. The molecular formula is C13H20N2O2S. The lowest BCUT2D eigenvalue weighted by Crippen LogP contribution is -2.33. The lowest BCUT2D eigenvalue weighted by atomic mass is 10.0. The quantitative estimate of drug-likeness (QED) is 0.792. The highest BCUT2D eigenvalue weighted by Gasteiger charge is 2.10. The molecule has 0 heterocycles. The van der Waals surface area contributed by atoms with Crippen LogP contribution in [0.1, 0.15) is 18.1 Å². The van der Waals surface area contributed by atoms with Gasteiger partial charge in [-0.25, -0.2) is 0 Å². The molecule has 3 N–H and O–H groups in total. The van der Waals surface area contributed by atoms with Gasteiger partial charge < -0.3 is 11.1 Å². The van der Waals surface area contributed by atoms with E-state index in [2.05, 4.69) is 5.32 Å². The molecule has 0 aliphatic carbocycles. The fourth-order valence-corrected chi connectivity index (χ4v) is 1.86. The summed E-state index contributed by atoms with van der Waals surface area (Å²) in [6.45, 7) is 2.72. The van der Waals surface area contributed by atoms with Crippen molar-refractivity contribution in [2.24, 2.45) is 5.73 Å². The minimum atomic E-state index is -0.914. The first-order chi connectivity index (χ1) is 8.54. The summed E-state index contributed by atoms with van der Waals surface area (Å²) >= 11 is 0. The van der Waals surface area contributed by atoms with Gasteiger partial charge in [0.15, 0.2) is 0 Å². The Hall–Kier alpha value is -1.20. The molecule has 5 heteroatoms. The number of amides is 1. The molecule has 2 unspecified atom stereocenters. The number of carbonyl (C=O) groups is 1. The Labute approximate surface area is 110 Å². The molecular weight excluding hydrogens is 248 g/mol. The lowest BCUT2D eigenvalue weighted by molar-refractivity contribution is -0.120. The summed E-state index contributed by atoms with van der Waals surface area (Å²) in [5.74, 6) is -0.0619. The molecule has 0 fully saturated rings. The van der Waals surface area contributed by atoms with Gasteiger partial charge in [0.1, 0.15) is 0 Å². The normalized spacial score (nSPS) is 13.9. The van der Waals surface area contributed by atoms with Gasteiger partial charge in [0.2, 0.25) is 5.91 Å². The Kier molecular flexibility index (Phi) is 6.01. The van der Waals surface area contributed by atoms with Crippen LogP contribution in [-0.4, -0.2) is 28.2 Å². The highest BCUT2D eigenvalue weighted by atomic mass is 32.2. The molecule has 0 aliphatic rings. The van der Waals surface area contributed by atoms with E-state index in [1.54, 1.807) is 6.26 Å². The highest BCUT2D eigenvalue weighted by molar-refractivity contribution is 7.84. The summed E-state index contributed by atoms with van der Waals surface area (Å²) in [4.78, 5) is 11.8. The smallest absolute Gasteiger partial charge is 0.224 e. The van der Waals surface area contributed by atoms with Crippen LogP contribution in [0.5, 0.6) is 0 Å². The van der Waals surface area contributed by atoms with E-state index < -0.39 is 10.8 Å². The zero-order chi connectivity index (χ0) is 13.5. The molecule has 0 radical (unpaired) electrons. The van der Waals surface area contributed by atoms with Crippen LogP contribution >= 0.6 is 0 Å². The molecule has 1 rings (SSSR count). The SMILES string of the molecule is CC(CNC(=O)Cc1ccccc1CN)S(C)=O. The van der Waals surface area contributed by atoms with Crippen molar-refractivity contribution in [3.05, 3.63) is 35.4 Å². The Morgan fingerprint density at radius 3 is 2.56 bits per heavy atom. The minimum Gasteiger partial charge on any atom is -0.355 e. The summed E-state index contributed by atoms with van der Waals surface area (Å²) in [5, 5.41) is 2.76. The minimum absolute atomic E-state index is 0.0290. The Morgan fingerprint density at radius 2 is 2.00 bits per heavy atom. The van der Waals surface area contributed by atoms with Crippen molar-refractivity contribution < 1.29 is 9.00 Å². The molecule has 0 spiro atoms. The van der Waals surface area contributed by atoms with Gasteiger partial charge in [-0.1, -0.05) is 24.3 Å². The number of nitrogens with one attached hydrogen (secondary N) is 1. The first kappa shape index (κ1) is 14.9. The molecule has 4 nitrogen and oxygen atoms in total. The van der Waals surface area contributed by atoms with Crippen LogP contribution in [-0.2, 0) is 28.6 Å². The monoisotopic (exact) mass is 268 g/mol. The lowest BCUT2D eigenvalue weighted by Gasteiger charge is -2.11. The topological polar surface area (TPSA) is 72.2 Å². The van der Waals surface area contributed by atoms with Crippen LogP contribution in [0.2, 0.25) is 0 Å². The third kappa shape index (κ3) is 4.58. The maximum Gasteiger partial charge on any atom is 0.224 e. The van der Waals surface area contributed by atoms with E-state index in [4.69, 9.17) is 5.73 Å². The maximum absolute atomic E-state index is 11.8. The summed E-state index contributed by atoms with van der Waals surface area (Å²) in [6, 6.07) is 7.63. The van der Waals surface area contributed by atoms with Crippen molar-refractivity contribution in [3.8, 4) is 0 Å². The molecule has 1 amide bonds. The maximum atomic E-state index is 11.8. The van der Waals surface area contributed by atoms with Gasteiger partial charge in [-0.05, 0) is 18.1 Å². The third-order valence-corrected chi connectivity index (χ3v) is 4.14. The van der Waals surface area contributed by atoms with Crippen molar-refractivity contribution in [3.63, 3.8) is 0 Å². The van der Waals surface area contributed by atoms with Gasteiger partial charge in [0.25, 0.3) is 0 Å². The van der Waals surface area contributed by atoms with Crippen LogP contribution in [0.25, 0.3) is 0 Å². The molecule has 1 aromatic carbocycles. The standard InChI is InChI=1S/C13H20N2O2S/c1-10(18(2)17)9-15-13(16)7-11-5-3-4-6-12(11)8-14/h3-6,10H,7-9,14H2,1-2H3,(H,15,16). The summed E-state index contributed by atoms with van der Waals surface area (Å²) in [6.07, 6.45) is 1.96. The molecule has 0 saturated heterocycles. The molecule has 0 bridgehead atoms. The Balaban J connectivity index is 2.52. The van der Waals surface area contributed by atoms with Crippen LogP contribution in [0.3, 0.4) is 0 Å². The van der Waals surface area contributed by atoms with Gasteiger partial charge in [-0.3, -0.25) is 9.00 Å².